The second-order valence-electron chi connectivity index (χ2n) is 7.86. The summed E-state index contributed by atoms with van der Waals surface area (Å²) in [6.45, 7) is 0. The lowest BCUT2D eigenvalue weighted by Crippen LogP contribution is -2.40. The van der Waals surface area contributed by atoms with Crippen LogP contribution in [0.2, 0.25) is 0 Å². The first-order valence-electron chi connectivity index (χ1n) is 10.9. The number of nitriles is 1. The Balaban J connectivity index is 1.76. The third kappa shape index (κ3) is 4.09. The number of carbonyl (C=O) groups excluding carboxylic acids is 1. The SMILES string of the molecule is COc1ccc(NC(=O)C2=c3s/c(=C\c4ccco4)c(=O)n3C(N)=C(C#N)C2c2ccco2)c(OC)c1. The number of rotatable bonds is 6. The van der Waals surface area contributed by atoms with Crippen LogP contribution >= 0.6 is 11.3 Å². The van der Waals surface area contributed by atoms with Crippen LogP contribution in [0, 0.1) is 11.3 Å². The van der Waals surface area contributed by atoms with Crippen LogP contribution in [0.1, 0.15) is 17.4 Å². The third-order valence-electron chi connectivity index (χ3n) is 5.81. The van der Waals surface area contributed by atoms with E-state index in [1.807, 2.05) is 0 Å². The maximum Gasteiger partial charge on any atom is 0.274 e. The lowest BCUT2D eigenvalue weighted by atomic mass is 9.87. The van der Waals surface area contributed by atoms with Gasteiger partial charge in [0.15, 0.2) is 0 Å². The van der Waals surface area contributed by atoms with E-state index < -0.39 is 17.4 Å². The highest BCUT2D eigenvalue weighted by Gasteiger charge is 2.37. The van der Waals surface area contributed by atoms with E-state index in [0.717, 1.165) is 11.3 Å². The van der Waals surface area contributed by atoms with Crippen LogP contribution in [0.5, 0.6) is 11.5 Å². The number of carbonyl (C=O) groups is 1. The fourth-order valence-corrected chi connectivity index (χ4v) is 5.26. The van der Waals surface area contributed by atoms with Crippen molar-refractivity contribution in [3.63, 3.8) is 0 Å². The van der Waals surface area contributed by atoms with Crippen molar-refractivity contribution in [2.75, 3.05) is 19.5 Å². The molecule has 1 aromatic carbocycles. The Kier molecular flexibility index (Phi) is 6.17. The van der Waals surface area contributed by atoms with Gasteiger partial charge in [-0.1, -0.05) is 0 Å². The van der Waals surface area contributed by atoms with E-state index in [0.29, 0.717) is 28.7 Å². The molecule has 11 heteroatoms. The predicted molar refractivity (Wildman–Crippen MR) is 136 cm³/mol. The molecule has 0 fully saturated rings. The number of thiazole rings is 1. The van der Waals surface area contributed by atoms with Gasteiger partial charge in [0.2, 0.25) is 0 Å². The zero-order valence-corrected chi connectivity index (χ0v) is 20.5. The normalized spacial score (nSPS) is 15.3. The van der Waals surface area contributed by atoms with Gasteiger partial charge in [-0.2, -0.15) is 5.26 Å². The van der Waals surface area contributed by atoms with Crippen molar-refractivity contribution in [3.05, 3.63) is 91.6 Å². The quantitative estimate of drug-likeness (QED) is 0.397. The minimum absolute atomic E-state index is 0.0127. The average Bonchev–Trinajstić information content (AvgIpc) is 3.67. The number of benzene rings is 1. The first-order valence-corrected chi connectivity index (χ1v) is 11.8. The number of anilines is 1. The molecular formula is C26H20N4O6S. The molecule has 0 aliphatic carbocycles. The summed E-state index contributed by atoms with van der Waals surface area (Å²) < 4.78 is 23.3. The maximum absolute atomic E-state index is 13.9. The monoisotopic (exact) mass is 516 g/mol. The van der Waals surface area contributed by atoms with Crippen molar-refractivity contribution >= 4 is 40.4 Å². The van der Waals surface area contributed by atoms with Gasteiger partial charge in [-0.05, 0) is 36.4 Å². The Morgan fingerprint density at radius 1 is 1.19 bits per heavy atom. The molecular weight excluding hydrogens is 496 g/mol. The van der Waals surface area contributed by atoms with E-state index in [2.05, 4.69) is 11.4 Å². The Morgan fingerprint density at radius 2 is 1.97 bits per heavy atom. The largest absolute Gasteiger partial charge is 0.497 e. The summed E-state index contributed by atoms with van der Waals surface area (Å²) in [5.74, 6) is 0.109. The third-order valence-corrected chi connectivity index (χ3v) is 6.92. The summed E-state index contributed by atoms with van der Waals surface area (Å²) >= 11 is 1.06. The summed E-state index contributed by atoms with van der Waals surface area (Å²) in [6, 6.07) is 13.7. The number of furan rings is 2. The minimum atomic E-state index is -0.946. The van der Waals surface area contributed by atoms with Gasteiger partial charge in [0.1, 0.15) is 33.5 Å². The zero-order chi connectivity index (χ0) is 26.1. The van der Waals surface area contributed by atoms with Crippen LogP contribution in [0.25, 0.3) is 17.5 Å². The molecule has 186 valence electrons. The lowest BCUT2D eigenvalue weighted by molar-refractivity contribution is -0.111. The molecule has 3 aromatic heterocycles. The fourth-order valence-electron chi connectivity index (χ4n) is 4.10. The molecule has 1 atom stereocenters. The van der Waals surface area contributed by atoms with Crippen molar-refractivity contribution in [2.45, 2.75) is 5.92 Å². The van der Waals surface area contributed by atoms with Gasteiger partial charge in [0.05, 0.1) is 60.1 Å². The number of nitrogens with one attached hydrogen (secondary N) is 1. The van der Waals surface area contributed by atoms with Crippen LogP contribution in [0.15, 0.2) is 74.2 Å². The molecule has 5 rings (SSSR count). The van der Waals surface area contributed by atoms with E-state index in [1.165, 1.54) is 31.3 Å². The maximum atomic E-state index is 13.9. The molecule has 37 heavy (non-hydrogen) atoms. The van der Waals surface area contributed by atoms with Crippen LogP contribution < -0.4 is 35.3 Å². The number of hydrogen-bond acceptors (Lipinski definition) is 9. The van der Waals surface area contributed by atoms with Crippen molar-refractivity contribution in [3.8, 4) is 17.6 Å². The van der Waals surface area contributed by atoms with E-state index in [9.17, 15) is 14.9 Å². The van der Waals surface area contributed by atoms with Crippen molar-refractivity contribution < 1.29 is 23.1 Å². The molecule has 0 spiro atoms. The molecule has 0 saturated carbocycles. The van der Waals surface area contributed by atoms with Crippen molar-refractivity contribution in [1.29, 1.82) is 5.26 Å². The Labute approximate surface area is 213 Å². The molecule has 3 N–H and O–H groups in total. The molecule has 4 heterocycles. The van der Waals surface area contributed by atoms with Gasteiger partial charge in [-0.25, -0.2) is 0 Å². The van der Waals surface area contributed by atoms with Gasteiger partial charge >= 0.3 is 0 Å². The number of allylic oxidation sites excluding steroid dienone is 1. The molecule has 10 nitrogen and oxygen atoms in total. The molecule has 0 radical (unpaired) electrons. The molecule has 1 aliphatic rings. The Hall–Kier alpha value is -4.95. The Morgan fingerprint density at radius 3 is 2.62 bits per heavy atom. The number of fused-ring (bicyclic) bond motifs is 1. The first-order chi connectivity index (χ1) is 18.0. The molecule has 1 unspecified atom stereocenters. The van der Waals surface area contributed by atoms with Gasteiger partial charge in [-0.3, -0.25) is 14.2 Å². The Bertz CT molecular complexity index is 1740. The van der Waals surface area contributed by atoms with E-state index in [-0.39, 0.29) is 26.2 Å². The highest BCUT2D eigenvalue weighted by Crippen LogP contribution is 2.37. The molecule has 0 saturated heterocycles. The topological polar surface area (TPSA) is 146 Å². The second kappa shape index (κ2) is 9.60. The number of amides is 1. The van der Waals surface area contributed by atoms with Crippen LogP contribution in [0.4, 0.5) is 5.69 Å². The molecule has 1 aliphatic heterocycles. The highest BCUT2D eigenvalue weighted by atomic mass is 32.1. The summed E-state index contributed by atoms with van der Waals surface area (Å²) in [7, 11) is 2.99. The average molecular weight is 517 g/mol. The predicted octanol–water partition coefficient (Wildman–Crippen LogP) is 2.18. The standard InChI is InChI=1S/C26H20N4O6S/c1-33-14-7-8-17(19(11-14)34-2)29-24(31)22-21(18-6-4-10-36-18)16(13-27)23(28)30-25(32)20(37-26(22)30)12-15-5-3-9-35-15/h3-12,21H,28H2,1-2H3,(H,29,31)/b20-12-. The number of nitrogens with two attached hydrogens (primary N) is 1. The zero-order valence-electron chi connectivity index (χ0n) is 19.7. The number of ether oxygens (including phenoxy) is 2. The second-order valence-corrected chi connectivity index (χ2v) is 8.90. The first kappa shape index (κ1) is 23.8. The van der Waals surface area contributed by atoms with E-state index in [4.69, 9.17) is 24.0 Å². The van der Waals surface area contributed by atoms with Crippen LogP contribution in [-0.2, 0) is 4.79 Å². The summed E-state index contributed by atoms with van der Waals surface area (Å²) in [6.07, 6.45) is 4.48. The summed E-state index contributed by atoms with van der Waals surface area (Å²) in [4.78, 5) is 27.3. The molecule has 4 aromatic rings. The van der Waals surface area contributed by atoms with Crippen LogP contribution in [0.3, 0.4) is 0 Å². The smallest absolute Gasteiger partial charge is 0.274 e. The van der Waals surface area contributed by atoms with Gasteiger partial charge in [0, 0.05) is 12.1 Å². The number of methoxy groups -OCH3 is 2. The van der Waals surface area contributed by atoms with Gasteiger partial charge in [-0.15, -0.1) is 11.3 Å². The summed E-state index contributed by atoms with van der Waals surface area (Å²) in [5, 5.41) is 12.9. The minimum Gasteiger partial charge on any atom is -0.497 e. The summed E-state index contributed by atoms with van der Waals surface area (Å²) in [5.41, 5.74) is 6.37. The highest BCUT2D eigenvalue weighted by molar-refractivity contribution is 7.07. The molecule has 0 bridgehead atoms. The van der Waals surface area contributed by atoms with E-state index in [1.54, 1.807) is 48.5 Å². The lowest BCUT2D eigenvalue weighted by Gasteiger charge is -2.23. The van der Waals surface area contributed by atoms with Crippen molar-refractivity contribution in [2.24, 2.45) is 5.73 Å². The van der Waals surface area contributed by atoms with Gasteiger partial charge < -0.3 is 29.4 Å². The van der Waals surface area contributed by atoms with Crippen LogP contribution in [-0.4, -0.2) is 24.7 Å². The number of nitrogens with zero attached hydrogens (tertiary/aromatic N) is 2. The number of hydrogen-bond donors (Lipinski definition) is 2. The fraction of sp³-hybridized carbons (Fsp3) is 0.115. The van der Waals surface area contributed by atoms with Gasteiger partial charge in [0.25, 0.3) is 11.5 Å². The van der Waals surface area contributed by atoms with Crippen molar-refractivity contribution in [1.82, 2.24) is 4.57 Å². The number of aromatic nitrogens is 1. The molecule has 1 amide bonds. The van der Waals surface area contributed by atoms with E-state index >= 15 is 0 Å².